The minimum Gasteiger partial charge on any atom is -0.493 e. The normalized spacial score (nSPS) is 17.6. The first kappa shape index (κ1) is 87.1. The third kappa shape index (κ3) is 26.3. The molecule has 32 heteroatoms. The van der Waals surface area contributed by atoms with Crippen molar-refractivity contribution in [3.05, 3.63) is 88.8 Å². The van der Waals surface area contributed by atoms with Crippen LogP contribution in [0.5, 0.6) is 23.0 Å². The van der Waals surface area contributed by atoms with Crippen molar-refractivity contribution < 1.29 is 110 Å². The van der Waals surface area contributed by atoms with Crippen LogP contribution >= 0.6 is 0 Å². The number of likely N-dealkylation sites (tertiary alicyclic amines) is 1. The fraction of sp³-hybridized carbons (Fsp3) is 0.584. The molecule has 5 heterocycles. The molecule has 5 aliphatic rings. The van der Waals surface area contributed by atoms with E-state index in [-0.39, 0.29) is 131 Å². The Hall–Kier alpha value is -9.12. The maximum Gasteiger partial charge on any atom is 0.416 e. The van der Waals surface area contributed by atoms with Crippen LogP contribution in [0.1, 0.15) is 127 Å². The van der Waals surface area contributed by atoms with Gasteiger partial charge in [0.1, 0.15) is 18.7 Å². The van der Waals surface area contributed by atoms with Crippen LogP contribution in [0.3, 0.4) is 0 Å². The quantitative estimate of drug-likeness (QED) is 0.0301. The van der Waals surface area contributed by atoms with Crippen molar-refractivity contribution >= 4 is 76.6 Å². The molecule has 6 atom stereocenters. The monoisotopic (exact) mass is 1530 g/mol. The molecule has 0 aliphatic carbocycles. The fourth-order valence-electron chi connectivity index (χ4n) is 12.2. The van der Waals surface area contributed by atoms with E-state index < -0.39 is 54.1 Å². The number of rotatable bonds is 48. The molecule has 0 radical (unpaired) electrons. The number of anilines is 2. The lowest BCUT2D eigenvalue weighted by molar-refractivity contribution is -0.139. The molecule has 3 aromatic rings. The van der Waals surface area contributed by atoms with E-state index in [1.54, 1.807) is 74.5 Å². The summed E-state index contributed by atoms with van der Waals surface area (Å²) in [7, 11) is 2.96. The zero-order valence-electron chi connectivity index (χ0n) is 63.1. The molecule has 3 aromatic carbocycles. The highest BCUT2D eigenvalue weighted by molar-refractivity contribution is 6.07. The summed E-state index contributed by atoms with van der Waals surface area (Å²) in [6.45, 7) is 16.8. The first-order valence-electron chi connectivity index (χ1n) is 36.8. The second-order valence-electron chi connectivity index (χ2n) is 26.8. The summed E-state index contributed by atoms with van der Waals surface area (Å²) in [6, 6.07) is 9.93. The molecular weight excluding hydrogens is 1420 g/mol. The molecule has 0 aromatic heterocycles. The van der Waals surface area contributed by atoms with Gasteiger partial charge in [-0.3, -0.25) is 48.2 Å². The Balaban J connectivity index is 0.0000165. The van der Waals surface area contributed by atoms with Gasteiger partial charge in [-0.05, 0) is 88.6 Å². The zero-order valence-corrected chi connectivity index (χ0v) is 63.1. The summed E-state index contributed by atoms with van der Waals surface area (Å²) < 4.78 is 73.6. The lowest BCUT2D eigenvalue weighted by Crippen LogP contribution is -2.53. The van der Waals surface area contributed by atoms with Gasteiger partial charge in [0.15, 0.2) is 29.2 Å². The number of hydrogen-bond donors (Lipinski definition) is 5. The average molecular weight is 1530 g/mol. The zero-order chi connectivity index (χ0) is 77.5. The molecule has 0 bridgehead atoms. The first-order chi connectivity index (χ1) is 52.1. The molecule has 5 aliphatic heterocycles. The number of nitrogens with one attached hydrogen (secondary N) is 4. The minimum absolute atomic E-state index is 0. The van der Waals surface area contributed by atoms with Gasteiger partial charge >= 0.3 is 6.09 Å². The van der Waals surface area contributed by atoms with Gasteiger partial charge in [-0.1, -0.05) is 51.5 Å². The molecule has 600 valence electrons. The van der Waals surface area contributed by atoms with E-state index in [0.717, 1.165) is 27.4 Å². The highest BCUT2D eigenvalue weighted by Gasteiger charge is 2.45. The van der Waals surface area contributed by atoms with E-state index in [2.05, 4.69) is 26.3 Å². The van der Waals surface area contributed by atoms with Gasteiger partial charge in [-0.2, -0.15) is 0 Å². The van der Waals surface area contributed by atoms with Crippen molar-refractivity contribution in [2.45, 2.75) is 137 Å². The Morgan fingerprint density at radius 2 is 1.12 bits per heavy atom. The van der Waals surface area contributed by atoms with Crippen molar-refractivity contribution in [2.24, 2.45) is 16.8 Å². The molecule has 9 amide bonds. The molecule has 1 saturated heterocycles. The summed E-state index contributed by atoms with van der Waals surface area (Å²) in [4.78, 5) is 127. The van der Waals surface area contributed by atoms with E-state index in [1.165, 1.54) is 38.2 Å². The number of aliphatic imine (C=N–C) groups is 1. The predicted octanol–water partition coefficient (Wildman–Crippen LogP) is 6.40. The number of imide groups is 1. The predicted molar refractivity (Wildman–Crippen MR) is 400 cm³/mol. The third-order valence-corrected chi connectivity index (χ3v) is 18.0. The van der Waals surface area contributed by atoms with Crippen LogP contribution in [-0.4, -0.2) is 256 Å². The molecule has 8 rings (SSSR count). The van der Waals surface area contributed by atoms with Crippen LogP contribution in [0.15, 0.2) is 77.1 Å². The largest absolute Gasteiger partial charge is 0.493 e. The summed E-state index contributed by atoms with van der Waals surface area (Å²) in [5.41, 5.74) is 3.92. The Bertz CT molecular complexity index is 3630. The van der Waals surface area contributed by atoms with Gasteiger partial charge in [0, 0.05) is 74.7 Å². The number of benzene rings is 3. The minimum atomic E-state index is -1.53. The van der Waals surface area contributed by atoms with Gasteiger partial charge in [-0.15, -0.1) is 0 Å². The number of aliphatic hydroxyl groups excluding tert-OH is 1. The average Bonchev–Trinajstić information content (AvgIpc) is 1.58. The smallest absolute Gasteiger partial charge is 0.416 e. The standard InChI is InChI=1S/C76H105N9O23.CH4/c1-49(2)69(81-67(87)17-22-98-24-26-100-28-30-102-32-34-104-36-37-105-35-33-103-31-29-101-27-25-99-23-18-77-66(86)16-19-82-68(88)40-52(5)72(82)91)71(90)79-53(6)70(89)80-55-14-12-54(13-15-55)48-108-76(95)85-60-44-65(63(97-8)42-58(60)74(93)84-47-51(4)39-61(84)75(85)94)107-21-11-9-10-20-106-64-43-59-57(41-62(64)96-7)73(92)83-46-50(3)38-56(83)45-78-59;/h12-15,41-47,49,52-53,56,61,69,75,94H,9-11,16-40,48H2,1-8H3,(H,77,86)(H,79,90)(H,80,89)(H,81,87);1H4/t52?,53-,56-,61-,69-,75-;/m0./s1. The summed E-state index contributed by atoms with van der Waals surface area (Å²) >= 11 is 0. The number of nitrogens with zero attached hydrogens (tertiary/aromatic N) is 5. The highest BCUT2D eigenvalue weighted by Crippen LogP contribution is 2.43. The second kappa shape index (κ2) is 45.1. The van der Waals surface area contributed by atoms with Crippen LogP contribution in [0.25, 0.3) is 0 Å². The Morgan fingerprint density at radius 1 is 0.587 bits per heavy atom. The second-order valence-corrected chi connectivity index (χ2v) is 26.8. The lowest BCUT2D eigenvalue weighted by atomic mass is 10.0. The van der Waals surface area contributed by atoms with Gasteiger partial charge in [0.05, 0.1) is 168 Å². The van der Waals surface area contributed by atoms with Crippen LogP contribution in [-0.2, 0) is 78.0 Å². The Morgan fingerprint density at radius 3 is 1.68 bits per heavy atom. The number of aliphatic hydroxyl groups is 1. The third-order valence-electron chi connectivity index (χ3n) is 18.0. The number of unbranched alkanes of at least 4 members (excludes halogenated alkanes) is 2. The van der Waals surface area contributed by atoms with Crippen LogP contribution in [0.2, 0.25) is 0 Å². The SMILES string of the molecule is C.COc1cc2c(cc1OCCCCCOc1cc3c(cc1OC)C(=O)N1C=C(C)C[C@H]1[C@H](O)N3C(=O)OCc1ccc(NC(=O)[C@H](C)NC(=O)[C@@H](NC(=O)CCOCCOCCOCCOCCOCCOCCOCCOCCNC(=O)CCN3C(=O)CC(C)C3=O)C(C)C)cc1)N=C[C@@H]1CC(C)=CN1C2=O. The van der Waals surface area contributed by atoms with Gasteiger partial charge in [0.2, 0.25) is 35.4 Å². The topological polar surface area (TPSA) is 367 Å². The van der Waals surface area contributed by atoms with E-state index in [9.17, 15) is 48.3 Å². The number of carbonyl (C=O) groups is 9. The maximum absolute atomic E-state index is 14.3. The Labute approximate surface area is 637 Å². The van der Waals surface area contributed by atoms with Crippen molar-refractivity contribution in [3.8, 4) is 23.0 Å². The van der Waals surface area contributed by atoms with E-state index in [4.69, 9.17) is 61.6 Å². The number of hydrogen-bond acceptors (Lipinski definition) is 24. The number of methoxy groups -OCH3 is 2. The molecule has 5 N–H and O–H groups in total. The van der Waals surface area contributed by atoms with Gasteiger partial charge in [-0.25, -0.2) is 9.69 Å². The van der Waals surface area contributed by atoms with Crippen molar-refractivity contribution in [1.82, 2.24) is 30.7 Å². The molecule has 1 unspecified atom stereocenters. The molecule has 109 heavy (non-hydrogen) atoms. The van der Waals surface area contributed by atoms with E-state index >= 15 is 0 Å². The van der Waals surface area contributed by atoms with Gasteiger partial charge < -0.3 is 97.8 Å². The molecule has 0 saturated carbocycles. The summed E-state index contributed by atoms with van der Waals surface area (Å²) in [6.07, 6.45) is 6.02. The maximum atomic E-state index is 14.3. The summed E-state index contributed by atoms with van der Waals surface area (Å²) in [5, 5.41) is 22.9. The first-order valence-corrected chi connectivity index (χ1v) is 36.8. The van der Waals surface area contributed by atoms with Gasteiger partial charge in [0.25, 0.3) is 11.8 Å². The van der Waals surface area contributed by atoms with Crippen molar-refractivity contribution in [3.63, 3.8) is 0 Å². The molecule has 1 fully saturated rings. The molecule has 32 nitrogen and oxygen atoms in total. The number of carbonyl (C=O) groups excluding carboxylic acids is 9. The number of fused-ring (bicyclic) bond motifs is 4. The summed E-state index contributed by atoms with van der Waals surface area (Å²) in [5.74, 6) is -2.11. The van der Waals surface area contributed by atoms with Crippen LogP contribution in [0.4, 0.5) is 21.9 Å². The van der Waals surface area contributed by atoms with E-state index in [1.807, 2.05) is 20.0 Å². The Kier molecular flexibility index (Phi) is 36.1. The molecular formula is C77H109N9O23. The number of ether oxygens (including phenoxy) is 13. The van der Waals surface area contributed by atoms with Crippen molar-refractivity contribution in [2.75, 3.05) is 156 Å². The number of amides is 9. The van der Waals surface area contributed by atoms with Crippen LogP contribution < -0.4 is 45.1 Å². The highest BCUT2D eigenvalue weighted by atomic mass is 16.6. The van der Waals surface area contributed by atoms with Crippen molar-refractivity contribution in [1.29, 1.82) is 0 Å². The van der Waals surface area contributed by atoms with Crippen LogP contribution in [0, 0.1) is 11.8 Å². The van der Waals surface area contributed by atoms with E-state index in [0.29, 0.717) is 159 Å². The lowest BCUT2D eigenvalue weighted by Gasteiger charge is -2.31. The molecule has 0 spiro atoms. The fourth-order valence-corrected chi connectivity index (χ4v) is 12.2.